The molecule has 11 heteroatoms. The molecule has 0 aliphatic carbocycles. The molecule has 0 aliphatic rings. The Morgan fingerprint density at radius 1 is 0.816 bits per heavy atom. The van der Waals surface area contributed by atoms with Gasteiger partial charge in [0, 0.05) is 25.0 Å². The van der Waals surface area contributed by atoms with Crippen LogP contribution in [0.2, 0.25) is 0 Å². The highest BCUT2D eigenvalue weighted by Crippen LogP contribution is 2.35. The number of phosphoric ester groups is 1. The summed E-state index contributed by atoms with van der Waals surface area (Å²) in [6.45, 7) is 2.08. The summed E-state index contributed by atoms with van der Waals surface area (Å²) < 4.78 is 25.4. The molecule has 0 bridgehead atoms. The average Bonchev–Trinajstić information content (AvgIpc) is 2.85. The number of rotatable bonds is 18. The Labute approximate surface area is 229 Å². The quantitative estimate of drug-likeness (QED) is 0.0830. The molecule has 0 aromatic heterocycles. The number of unbranched alkanes of at least 4 members (excludes halogenated alkanes) is 8. The molecule has 0 saturated carbocycles. The SMILES string of the molecule is CC#CC#CC#CC#CC(=O)O[C@@H](COC(=O)CCCCCCCCCCCSC(C)=O)COP(=O)(O)O. The van der Waals surface area contributed by atoms with Gasteiger partial charge in [0.1, 0.15) is 6.61 Å². The van der Waals surface area contributed by atoms with Crippen LogP contribution in [0.5, 0.6) is 0 Å². The highest BCUT2D eigenvalue weighted by atomic mass is 32.2. The van der Waals surface area contributed by atoms with Crippen LogP contribution in [0.1, 0.15) is 78.1 Å². The minimum Gasteiger partial charge on any atom is -0.462 e. The molecule has 0 radical (unpaired) electrons. The maximum Gasteiger partial charge on any atom is 0.469 e. The second-order valence-electron chi connectivity index (χ2n) is 7.89. The Morgan fingerprint density at radius 2 is 1.37 bits per heavy atom. The number of phosphoric acid groups is 1. The molecule has 0 aromatic carbocycles. The van der Waals surface area contributed by atoms with E-state index in [1.165, 1.54) is 11.8 Å². The molecule has 208 valence electrons. The zero-order valence-electron chi connectivity index (χ0n) is 21.9. The molecule has 0 unspecified atom stereocenters. The number of carbonyl (C=O) groups is 3. The van der Waals surface area contributed by atoms with Crippen LogP contribution in [-0.2, 0) is 32.9 Å². The number of thioether (sulfide) groups is 1. The van der Waals surface area contributed by atoms with Gasteiger partial charge in [-0.3, -0.25) is 14.1 Å². The summed E-state index contributed by atoms with van der Waals surface area (Å²) in [4.78, 5) is 52.5. The van der Waals surface area contributed by atoms with Crippen LogP contribution in [0.15, 0.2) is 0 Å². The van der Waals surface area contributed by atoms with Gasteiger partial charge >= 0.3 is 19.8 Å². The van der Waals surface area contributed by atoms with Crippen molar-refractivity contribution in [2.24, 2.45) is 0 Å². The van der Waals surface area contributed by atoms with Gasteiger partial charge in [-0.25, -0.2) is 9.36 Å². The van der Waals surface area contributed by atoms with Crippen molar-refractivity contribution in [3.8, 4) is 47.4 Å². The fourth-order valence-electron chi connectivity index (χ4n) is 2.83. The minimum absolute atomic E-state index is 0.166. The van der Waals surface area contributed by atoms with Gasteiger partial charge in [0.25, 0.3) is 0 Å². The summed E-state index contributed by atoms with van der Waals surface area (Å²) >= 11 is 1.37. The number of carbonyl (C=O) groups excluding carboxylic acids is 3. The summed E-state index contributed by atoms with van der Waals surface area (Å²) in [7, 11) is -4.82. The molecule has 38 heavy (non-hydrogen) atoms. The largest absolute Gasteiger partial charge is 0.469 e. The van der Waals surface area contributed by atoms with Crippen molar-refractivity contribution in [1.29, 1.82) is 0 Å². The molecule has 0 saturated heterocycles. The number of hydrogen-bond donors (Lipinski definition) is 2. The fraction of sp³-hybridized carbons (Fsp3) is 0.593. The lowest BCUT2D eigenvalue weighted by atomic mass is 10.1. The summed E-state index contributed by atoms with van der Waals surface area (Å²) in [5.41, 5.74) is 0. The predicted molar refractivity (Wildman–Crippen MR) is 145 cm³/mol. The molecule has 0 heterocycles. The highest BCUT2D eigenvalue weighted by molar-refractivity contribution is 8.13. The van der Waals surface area contributed by atoms with E-state index in [-0.39, 0.29) is 11.5 Å². The van der Waals surface area contributed by atoms with Crippen molar-refractivity contribution in [1.82, 2.24) is 0 Å². The summed E-state index contributed by atoms with van der Waals surface area (Å²) in [5.74, 6) is 18.2. The molecular weight excluding hydrogens is 531 g/mol. The van der Waals surface area contributed by atoms with Gasteiger partial charge in [0.15, 0.2) is 11.2 Å². The van der Waals surface area contributed by atoms with Gasteiger partial charge in [0.05, 0.1) is 6.61 Å². The molecule has 9 nitrogen and oxygen atoms in total. The van der Waals surface area contributed by atoms with E-state index in [0.29, 0.717) is 6.42 Å². The molecular formula is C27H35O9PS. The van der Waals surface area contributed by atoms with Crippen molar-refractivity contribution in [3.63, 3.8) is 0 Å². The zero-order chi connectivity index (χ0) is 28.5. The lowest BCUT2D eigenvalue weighted by Crippen LogP contribution is -2.29. The van der Waals surface area contributed by atoms with Crippen LogP contribution < -0.4 is 0 Å². The van der Waals surface area contributed by atoms with E-state index < -0.39 is 39.1 Å². The van der Waals surface area contributed by atoms with Gasteiger partial charge in [-0.15, -0.1) is 0 Å². The highest BCUT2D eigenvalue weighted by Gasteiger charge is 2.22. The van der Waals surface area contributed by atoms with Crippen LogP contribution in [-0.4, -0.2) is 51.9 Å². The van der Waals surface area contributed by atoms with E-state index in [9.17, 15) is 18.9 Å². The van der Waals surface area contributed by atoms with Gasteiger partial charge in [-0.2, -0.15) is 0 Å². The van der Waals surface area contributed by atoms with E-state index in [1.54, 1.807) is 13.8 Å². The standard InChI is InChI=1S/C27H35O9PS/c1-3-4-5-6-10-14-17-20-27(30)36-25(23-35-37(31,32)33)22-34-26(29)19-16-13-11-8-7-9-12-15-18-21-38-24(2)28/h25H,7-9,11-13,15-16,18-19,21-23H2,1-2H3,(H2,31,32,33)/t25-/m0/s1. The molecule has 1 atom stereocenters. The number of ether oxygens (including phenoxy) is 2. The lowest BCUT2D eigenvalue weighted by Gasteiger charge is -2.17. The van der Waals surface area contributed by atoms with Crippen LogP contribution in [0, 0.1) is 47.4 Å². The van der Waals surface area contributed by atoms with Crippen molar-refractivity contribution in [2.45, 2.75) is 84.2 Å². The summed E-state index contributed by atoms with van der Waals surface area (Å²) in [6.07, 6.45) is 8.15. The topological polar surface area (TPSA) is 136 Å². The normalized spacial score (nSPS) is 10.6. The van der Waals surface area contributed by atoms with Crippen molar-refractivity contribution < 1.29 is 42.7 Å². The molecule has 0 rings (SSSR count). The third kappa shape index (κ3) is 26.4. The Bertz CT molecular complexity index is 1040. The predicted octanol–water partition coefficient (Wildman–Crippen LogP) is 3.76. The smallest absolute Gasteiger partial charge is 0.462 e. The van der Waals surface area contributed by atoms with E-state index >= 15 is 0 Å². The number of hydrogen-bond acceptors (Lipinski definition) is 8. The van der Waals surface area contributed by atoms with E-state index in [1.807, 2.05) is 0 Å². The van der Waals surface area contributed by atoms with E-state index in [2.05, 4.69) is 51.9 Å². The Morgan fingerprint density at radius 3 is 1.95 bits per heavy atom. The fourth-order valence-corrected chi connectivity index (χ4v) is 3.83. The Hall–Kier alpha value is -2.69. The first-order valence-electron chi connectivity index (χ1n) is 12.3. The third-order valence-corrected chi connectivity index (χ3v) is 5.95. The van der Waals surface area contributed by atoms with Crippen molar-refractivity contribution in [2.75, 3.05) is 19.0 Å². The molecule has 0 fully saturated rings. The van der Waals surface area contributed by atoms with E-state index in [4.69, 9.17) is 19.3 Å². The van der Waals surface area contributed by atoms with Gasteiger partial charge < -0.3 is 19.3 Å². The second-order valence-corrected chi connectivity index (χ2v) is 10.4. The molecule has 0 amide bonds. The van der Waals surface area contributed by atoms with Crippen molar-refractivity contribution in [3.05, 3.63) is 0 Å². The van der Waals surface area contributed by atoms with Crippen LogP contribution in [0.25, 0.3) is 0 Å². The Balaban J connectivity index is 4.24. The van der Waals surface area contributed by atoms with Gasteiger partial charge in [0.2, 0.25) is 0 Å². The molecule has 2 N–H and O–H groups in total. The Kier molecular flexibility index (Phi) is 21.8. The second kappa shape index (κ2) is 23.4. The van der Waals surface area contributed by atoms with Crippen LogP contribution in [0.4, 0.5) is 0 Å². The molecule has 0 spiro atoms. The lowest BCUT2D eigenvalue weighted by molar-refractivity contribution is -0.157. The maximum absolute atomic E-state index is 12.0. The minimum atomic E-state index is -4.82. The van der Waals surface area contributed by atoms with Crippen molar-refractivity contribution >= 4 is 36.6 Å². The zero-order valence-corrected chi connectivity index (χ0v) is 23.6. The molecule has 0 aliphatic heterocycles. The van der Waals surface area contributed by atoms with Gasteiger partial charge in [-0.1, -0.05) is 62.6 Å². The monoisotopic (exact) mass is 566 g/mol. The number of esters is 2. The van der Waals surface area contributed by atoms with Gasteiger partial charge in [-0.05, 0) is 55.3 Å². The third-order valence-electron chi connectivity index (χ3n) is 4.57. The maximum atomic E-state index is 12.0. The first kappa shape index (κ1) is 35.3. The van der Waals surface area contributed by atoms with Crippen LogP contribution >= 0.6 is 19.6 Å². The first-order chi connectivity index (χ1) is 18.1. The summed E-state index contributed by atoms with van der Waals surface area (Å²) in [6, 6.07) is 0. The summed E-state index contributed by atoms with van der Waals surface area (Å²) in [5, 5.41) is 0.166. The molecule has 0 aromatic rings. The van der Waals surface area contributed by atoms with E-state index in [0.717, 1.165) is 57.1 Å². The average molecular weight is 567 g/mol. The van der Waals surface area contributed by atoms with Crippen LogP contribution in [0.3, 0.4) is 0 Å². The first-order valence-corrected chi connectivity index (χ1v) is 14.8.